The van der Waals surface area contributed by atoms with Crippen molar-refractivity contribution in [2.75, 3.05) is 0 Å². The fraction of sp³-hybridized carbons (Fsp3) is 0.176. The van der Waals surface area contributed by atoms with Crippen molar-refractivity contribution in [1.82, 2.24) is 9.55 Å². The number of fused-ring (bicyclic) bond motifs is 1. The first-order valence-corrected chi connectivity index (χ1v) is 6.81. The van der Waals surface area contributed by atoms with Crippen LogP contribution in [0.15, 0.2) is 42.5 Å². The number of hydrogen-bond acceptors (Lipinski definition) is 2. The van der Waals surface area contributed by atoms with Gasteiger partial charge in [0.1, 0.15) is 12.4 Å². The summed E-state index contributed by atoms with van der Waals surface area (Å²) in [4.78, 5) is 15.8. The molecule has 3 aromatic rings. The van der Waals surface area contributed by atoms with E-state index in [0.717, 1.165) is 27.7 Å². The molecule has 4 heteroatoms. The molecule has 0 aliphatic rings. The topological polar surface area (TPSA) is 55.1 Å². The molecule has 0 spiro atoms. The van der Waals surface area contributed by atoms with E-state index in [2.05, 4.69) is 11.1 Å². The lowest BCUT2D eigenvalue weighted by molar-refractivity contribution is -0.137. The zero-order valence-electron chi connectivity index (χ0n) is 12.0. The Morgan fingerprint density at radius 3 is 2.71 bits per heavy atom. The van der Waals surface area contributed by atoms with Crippen molar-refractivity contribution in [2.45, 2.75) is 20.4 Å². The van der Waals surface area contributed by atoms with Crippen molar-refractivity contribution in [3.8, 4) is 11.4 Å². The first-order valence-electron chi connectivity index (χ1n) is 6.81. The number of carbonyl (C=O) groups is 1. The largest absolute Gasteiger partial charge is 0.480 e. The summed E-state index contributed by atoms with van der Waals surface area (Å²) < 4.78 is 1.76. The predicted molar refractivity (Wildman–Crippen MR) is 82.3 cm³/mol. The molecular weight excluding hydrogens is 264 g/mol. The molecule has 4 nitrogen and oxygen atoms in total. The highest BCUT2D eigenvalue weighted by Crippen LogP contribution is 2.28. The molecule has 0 unspecified atom stereocenters. The Balaban J connectivity index is 2.30. The van der Waals surface area contributed by atoms with Crippen molar-refractivity contribution in [2.24, 2.45) is 0 Å². The molecule has 0 atom stereocenters. The van der Waals surface area contributed by atoms with Crippen molar-refractivity contribution in [3.63, 3.8) is 0 Å². The van der Waals surface area contributed by atoms with Crippen molar-refractivity contribution < 1.29 is 9.90 Å². The van der Waals surface area contributed by atoms with Gasteiger partial charge < -0.3 is 9.67 Å². The highest BCUT2D eigenvalue weighted by Gasteiger charge is 2.16. The molecule has 1 N–H and O–H groups in total. The lowest BCUT2D eigenvalue weighted by atomic mass is 10.1. The van der Waals surface area contributed by atoms with E-state index in [4.69, 9.17) is 0 Å². The Morgan fingerprint density at radius 2 is 1.95 bits per heavy atom. The van der Waals surface area contributed by atoms with Gasteiger partial charge in [-0.15, -0.1) is 0 Å². The quantitative estimate of drug-likeness (QED) is 0.800. The highest BCUT2D eigenvalue weighted by molar-refractivity contribution is 5.83. The molecule has 106 valence electrons. The molecule has 2 aromatic carbocycles. The van der Waals surface area contributed by atoms with Gasteiger partial charge in [0.2, 0.25) is 0 Å². The number of aryl methyl sites for hydroxylation is 2. The zero-order valence-corrected chi connectivity index (χ0v) is 12.0. The van der Waals surface area contributed by atoms with Gasteiger partial charge in [-0.3, -0.25) is 4.79 Å². The molecule has 0 bridgehead atoms. The number of aliphatic carboxylic acids is 1. The summed E-state index contributed by atoms with van der Waals surface area (Å²) in [6.07, 6.45) is 0. The standard InChI is InChI=1S/C17H16N2O2/c1-11-7-8-12(2)13(9-11)17-18-14-5-3-4-6-15(14)19(17)10-16(20)21/h3-9H,10H2,1-2H3,(H,20,21). The molecule has 1 aromatic heterocycles. The minimum Gasteiger partial charge on any atom is -0.480 e. The number of hydrogen-bond donors (Lipinski definition) is 1. The lowest BCUT2D eigenvalue weighted by Gasteiger charge is -2.09. The van der Waals surface area contributed by atoms with Crippen LogP contribution in [0.5, 0.6) is 0 Å². The first kappa shape index (κ1) is 13.4. The van der Waals surface area contributed by atoms with Gasteiger partial charge in [-0.1, -0.05) is 29.8 Å². The summed E-state index contributed by atoms with van der Waals surface area (Å²) in [5.41, 5.74) is 4.85. The normalized spacial score (nSPS) is 11.0. The summed E-state index contributed by atoms with van der Waals surface area (Å²) >= 11 is 0. The second-order valence-electron chi connectivity index (χ2n) is 5.22. The number of carboxylic acids is 1. The van der Waals surface area contributed by atoms with Crippen LogP contribution in [0, 0.1) is 13.8 Å². The Morgan fingerprint density at radius 1 is 1.19 bits per heavy atom. The van der Waals surface area contributed by atoms with Gasteiger partial charge in [0.05, 0.1) is 11.0 Å². The molecule has 0 aliphatic heterocycles. The molecule has 3 rings (SSSR count). The summed E-state index contributed by atoms with van der Waals surface area (Å²) in [7, 11) is 0. The van der Waals surface area contributed by atoms with E-state index in [1.807, 2.05) is 50.2 Å². The molecule has 1 heterocycles. The number of para-hydroxylation sites is 2. The number of aromatic nitrogens is 2. The fourth-order valence-corrected chi connectivity index (χ4v) is 2.55. The minimum absolute atomic E-state index is 0.0940. The van der Waals surface area contributed by atoms with Crippen LogP contribution in [0.2, 0.25) is 0 Å². The Hall–Kier alpha value is -2.62. The second kappa shape index (κ2) is 5.05. The molecule has 21 heavy (non-hydrogen) atoms. The SMILES string of the molecule is Cc1ccc(C)c(-c2nc3ccccc3n2CC(=O)O)c1. The minimum atomic E-state index is -0.871. The average molecular weight is 280 g/mol. The fourth-order valence-electron chi connectivity index (χ4n) is 2.55. The van der Waals surface area contributed by atoms with Gasteiger partial charge in [0.25, 0.3) is 0 Å². The smallest absolute Gasteiger partial charge is 0.323 e. The molecule has 0 fully saturated rings. The molecule has 0 saturated heterocycles. The molecular formula is C17H16N2O2. The number of imidazole rings is 1. The maximum atomic E-state index is 11.2. The van der Waals surface area contributed by atoms with Gasteiger partial charge in [-0.05, 0) is 37.6 Å². The van der Waals surface area contributed by atoms with Gasteiger partial charge in [-0.2, -0.15) is 0 Å². The summed E-state index contributed by atoms with van der Waals surface area (Å²) in [6, 6.07) is 13.7. The third kappa shape index (κ3) is 2.40. The van der Waals surface area contributed by atoms with Crippen LogP contribution in [-0.2, 0) is 11.3 Å². The molecule has 0 amide bonds. The van der Waals surface area contributed by atoms with E-state index in [0.29, 0.717) is 5.82 Å². The first-order chi connectivity index (χ1) is 10.1. The summed E-state index contributed by atoms with van der Waals surface area (Å²) in [5, 5.41) is 9.19. The van der Waals surface area contributed by atoms with Crippen LogP contribution in [0.25, 0.3) is 22.4 Å². The third-order valence-electron chi connectivity index (χ3n) is 3.58. The van der Waals surface area contributed by atoms with Gasteiger partial charge in [0.15, 0.2) is 0 Å². The zero-order chi connectivity index (χ0) is 15.0. The summed E-state index contributed by atoms with van der Waals surface area (Å²) in [6.45, 7) is 3.94. The summed E-state index contributed by atoms with van der Waals surface area (Å²) in [5.74, 6) is -0.162. The van der Waals surface area contributed by atoms with Crippen molar-refractivity contribution in [1.29, 1.82) is 0 Å². The number of carboxylic acid groups (broad SMARTS) is 1. The van der Waals surface area contributed by atoms with E-state index in [1.54, 1.807) is 4.57 Å². The number of rotatable bonds is 3. The van der Waals surface area contributed by atoms with Crippen LogP contribution in [-0.4, -0.2) is 20.6 Å². The van der Waals surface area contributed by atoms with E-state index >= 15 is 0 Å². The van der Waals surface area contributed by atoms with E-state index in [-0.39, 0.29) is 6.54 Å². The third-order valence-corrected chi connectivity index (χ3v) is 3.58. The maximum Gasteiger partial charge on any atom is 0.323 e. The van der Waals surface area contributed by atoms with Crippen LogP contribution in [0.4, 0.5) is 0 Å². The van der Waals surface area contributed by atoms with Crippen molar-refractivity contribution in [3.05, 3.63) is 53.6 Å². The van der Waals surface area contributed by atoms with Gasteiger partial charge in [-0.25, -0.2) is 4.98 Å². The van der Waals surface area contributed by atoms with Gasteiger partial charge >= 0.3 is 5.97 Å². The lowest BCUT2D eigenvalue weighted by Crippen LogP contribution is -2.10. The molecule has 0 saturated carbocycles. The van der Waals surface area contributed by atoms with Gasteiger partial charge in [0, 0.05) is 5.56 Å². The Kier molecular flexibility index (Phi) is 3.22. The van der Waals surface area contributed by atoms with E-state index < -0.39 is 5.97 Å². The molecule has 0 radical (unpaired) electrons. The Bertz CT molecular complexity index is 834. The van der Waals surface area contributed by atoms with Crippen LogP contribution < -0.4 is 0 Å². The van der Waals surface area contributed by atoms with Crippen LogP contribution >= 0.6 is 0 Å². The maximum absolute atomic E-state index is 11.2. The monoisotopic (exact) mass is 280 g/mol. The number of benzene rings is 2. The average Bonchev–Trinajstić information content (AvgIpc) is 2.80. The predicted octanol–water partition coefficient (Wildman–Crippen LogP) is 3.40. The van der Waals surface area contributed by atoms with E-state index in [1.165, 1.54) is 0 Å². The second-order valence-corrected chi connectivity index (χ2v) is 5.22. The van der Waals surface area contributed by atoms with Crippen LogP contribution in [0.3, 0.4) is 0 Å². The van der Waals surface area contributed by atoms with E-state index in [9.17, 15) is 9.90 Å². The number of nitrogens with zero attached hydrogens (tertiary/aromatic N) is 2. The highest BCUT2D eigenvalue weighted by atomic mass is 16.4. The Labute approximate surface area is 122 Å². The van der Waals surface area contributed by atoms with Crippen LogP contribution in [0.1, 0.15) is 11.1 Å². The molecule has 0 aliphatic carbocycles. The van der Waals surface area contributed by atoms with Crippen molar-refractivity contribution >= 4 is 17.0 Å².